The molecular formula is C20H29N5O. The van der Waals surface area contributed by atoms with Crippen LogP contribution in [0.2, 0.25) is 0 Å². The Morgan fingerprint density at radius 2 is 2.04 bits per heavy atom. The molecule has 0 bridgehead atoms. The topological polar surface area (TPSA) is 63.5 Å². The van der Waals surface area contributed by atoms with E-state index in [0.717, 1.165) is 62.6 Å². The number of amides is 1. The lowest BCUT2D eigenvalue weighted by atomic mass is 9.86. The number of hydrogen-bond donors (Lipinski definition) is 0. The van der Waals surface area contributed by atoms with Crippen LogP contribution >= 0.6 is 0 Å². The van der Waals surface area contributed by atoms with Gasteiger partial charge in [-0.3, -0.25) is 9.69 Å². The zero-order valence-electron chi connectivity index (χ0n) is 16.4. The fourth-order valence-corrected chi connectivity index (χ4v) is 4.39. The third-order valence-corrected chi connectivity index (χ3v) is 6.12. The highest BCUT2D eigenvalue weighted by Gasteiger charge is 2.42. The normalized spacial score (nSPS) is 24.7. The van der Waals surface area contributed by atoms with Gasteiger partial charge in [-0.15, -0.1) is 0 Å². The summed E-state index contributed by atoms with van der Waals surface area (Å²) in [5, 5.41) is 9.64. The monoisotopic (exact) mass is 355 g/mol. The fourth-order valence-electron chi connectivity index (χ4n) is 4.39. The molecule has 0 saturated carbocycles. The number of likely N-dealkylation sites (tertiary alicyclic amines) is 1. The largest absolute Gasteiger partial charge is 0.352 e. The van der Waals surface area contributed by atoms with E-state index < -0.39 is 0 Å². The summed E-state index contributed by atoms with van der Waals surface area (Å²) in [5.74, 6) is 1.07. The quantitative estimate of drug-likeness (QED) is 0.813. The summed E-state index contributed by atoms with van der Waals surface area (Å²) in [6, 6.07) is 4.32. The van der Waals surface area contributed by atoms with Gasteiger partial charge in [0.05, 0.1) is 5.56 Å². The number of carbonyl (C=O) groups excluding carboxylic acids is 1. The number of piperazine rings is 1. The number of hydrogen-bond acceptors (Lipinski definition) is 5. The minimum atomic E-state index is -0.0378. The standard InChI is InChI=1S/C20H29N5O/c1-5-24-9-8-20(7-6-18(24)26)14-25(11-10-23(20)4)19-17(13-21)15(2)12-16(3)22-19/h12H,5-11,14H2,1-4H3. The smallest absolute Gasteiger partial charge is 0.222 e. The number of likely N-dealkylation sites (N-methyl/N-ethyl adjacent to an activating group) is 1. The molecule has 0 aliphatic carbocycles. The van der Waals surface area contributed by atoms with E-state index in [0.29, 0.717) is 12.0 Å². The summed E-state index contributed by atoms with van der Waals surface area (Å²) in [5.41, 5.74) is 2.56. The van der Waals surface area contributed by atoms with Crippen molar-refractivity contribution in [3.05, 3.63) is 22.9 Å². The van der Waals surface area contributed by atoms with Gasteiger partial charge in [-0.2, -0.15) is 5.26 Å². The van der Waals surface area contributed by atoms with Crippen LogP contribution in [0.25, 0.3) is 0 Å². The molecule has 26 heavy (non-hydrogen) atoms. The van der Waals surface area contributed by atoms with Crippen molar-refractivity contribution in [2.75, 3.05) is 44.7 Å². The first-order valence-electron chi connectivity index (χ1n) is 9.52. The lowest BCUT2D eigenvalue weighted by Gasteiger charge is -2.49. The van der Waals surface area contributed by atoms with E-state index in [1.54, 1.807) is 0 Å². The van der Waals surface area contributed by atoms with Crippen molar-refractivity contribution in [2.24, 2.45) is 0 Å². The molecule has 1 spiro atoms. The molecule has 0 N–H and O–H groups in total. The van der Waals surface area contributed by atoms with E-state index in [1.807, 2.05) is 31.7 Å². The number of nitrogens with zero attached hydrogens (tertiary/aromatic N) is 5. The van der Waals surface area contributed by atoms with Crippen LogP contribution in [0.1, 0.15) is 43.0 Å². The molecule has 0 radical (unpaired) electrons. The van der Waals surface area contributed by atoms with Crippen LogP contribution in [-0.4, -0.2) is 66.0 Å². The Morgan fingerprint density at radius 1 is 1.27 bits per heavy atom. The molecule has 6 nitrogen and oxygen atoms in total. The minimum Gasteiger partial charge on any atom is -0.352 e. The molecule has 2 aliphatic heterocycles. The first kappa shape index (κ1) is 18.7. The van der Waals surface area contributed by atoms with E-state index in [9.17, 15) is 10.1 Å². The summed E-state index contributed by atoms with van der Waals surface area (Å²) < 4.78 is 0. The molecule has 2 aliphatic rings. The van der Waals surface area contributed by atoms with E-state index in [-0.39, 0.29) is 11.4 Å². The lowest BCUT2D eigenvalue weighted by Crippen LogP contribution is -2.61. The molecule has 3 rings (SSSR count). The Hall–Kier alpha value is -2.13. The molecule has 0 aromatic carbocycles. The van der Waals surface area contributed by atoms with Crippen molar-refractivity contribution in [1.29, 1.82) is 5.26 Å². The number of aromatic nitrogens is 1. The third-order valence-electron chi connectivity index (χ3n) is 6.12. The van der Waals surface area contributed by atoms with Crippen molar-refractivity contribution in [3.63, 3.8) is 0 Å². The van der Waals surface area contributed by atoms with Gasteiger partial charge in [0.2, 0.25) is 5.91 Å². The van der Waals surface area contributed by atoms with Gasteiger partial charge < -0.3 is 9.80 Å². The van der Waals surface area contributed by atoms with Crippen LogP contribution in [-0.2, 0) is 4.79 Å². The SMILES string of the molecule is CCN1CCC2(CCC1=O)CN(c1nc(C)cc(C)c1C#N)CCN2C. The Labute approximate surface area is 156 Å². The molecular weight excluding hydrogens is 326 g/mol. The molecule has 1 aromatic rings. The van der Waals surface area contributed by atoms with Crippen molar-refractivity contribution in [1.82, 2.24) is 14.8 Å². The second-order valence-corrected chi connectivity index (χ2v) is 7.68. The molecule has 1 atom stereocenters. The maximum atomic E-state index is 12.4. The van der Waals surface area contributed by atoms with Crippen molar-refractivity contribution < 1.29 is 4.79 Å². The number of nitriles is 1. The first-order valence-corrected chi connectivity index (χ1v) is 9.52. The molecule has 1 amide bonds. The summed E-state index contributed by atoms with van der Waals surface area (Å²) in [4.78, 5) is 23.7. The number of carbonyl (C=O) groups is 1. The van der Waals surface area contributed by atoms with Crippen LogP contribution in [0.3, 0.4) is 0 Å². The van der Waals surface area contributed by atoms with Gasteiger partial charge in [0.1, 0.15) is 11.9 Å². The average Bonchev–Trinajstić information content (AvgIpc) is 2.77. The van der Waals surface area contributed by atoms with Gasteiger partial charge in [0, 0.05) is 50.4 Å². The van der Waals surface area contributed by atoms with Crippen LogP contribution in [0.15, 0.2) is 6.07 Å². The van der Waals surface area contributed by atoms with Gasteiger partial charge in [-0.1, -0.05) is 0 Å². The van der Waals surface area contributed by atoms with Crippen molar-refractivity contribution in [2.45, 2.75) is 45.6 Å². The Bertz CT molecular complexity index is 740. The summed E-state index contributed by atoms with van der Waals surface area (Å²) in [6.07, 6.45) is 2.42. The maximum Gasteiger partial charge on any atom is 0.222 e. The predicted molar refractivity (Wildman–Crippen MR) is 102 cm³/mol. The van der Waals surface area contributed by atoms with E-state index in [2.05, 4.69) is 22.9 Å². The summed E-state index contributed by atoms with van der Waals surface area (Å²) in [7, 11) is 2.17. The highest BCUT2D eigenvalue weighted by atomic mass is 16.2. The number of anilines is 1. The second-order valence-electron chi connectivity index (χ2n) is 7.68. The molecule has 1 unspecified atom stereocenters. The van der Waals surface area contributed by atoms with Crippen molar-refractivity contribution in [3.8, 4) is 6.07 Å². The number of rotatable bonds is 2. The van der Waals surface area contributed by atoms with Gasteiger partial charge in [0.15, 0.2) is 0 Å². The zero-order valence-corrected chi connectivity index (χ0v) is 16.4. The number of aryl methyl sites for hydroxylation is 2. The molecule has 1 aromatic heterocycles. The molecule has 2 fully saturated rings. The van der Waals surface area contributed by atoms with Crippen LogP contribution in [0.4, 0.5) is 5.82 Å². The Kier molecular flexibility index (Phi) is 5.19. The van der Waals surface area contributed by atoms with Crippen LogP contribution in [0, 0.1) is 25.2 Å². The molecule has 6 heteroatoms. The molecule has 2 saturated heterocycles. The highest BCUT2D eigenvalue weighted by molar-refractivity contribution is 5.76. The maximum absolute atomic E-state index is 12.4. The van der Waals surface area contributed by atoms with Gasteiger partial charge in [-0.05, 0) is 52.3 Å². The Morgan fingerprint density at radius 3 is 2.73 bits per heavy atom. The van der Waals surface area contributed by atoms with E-state index >= 15 is 0 Å². The lowest BCUT2D eigenvalue weighted by molar-refractivity contribution is -0.130. The first-order chi connectivity index (χ1) is 12.4. The van der Waals surface area contributed by atoms with E-state index in [1.165, 1.54) is 0 Å². The highest BCUT2D eigenvalue weighted by Crippen LogP contribution is 2.34. The van der Waals surface area contributed by atoms with Crippen LogP contribution in [0.5, 0.6) is 0 Å². The molecule has 140 valence electrons. The third kappa shape index (κ3) is 3.28. The van der Waals surface area contributed by atoms with E-state index in [4.69, 9.17) is 4.98 Å². The summed E-state index contributed by atoms with van der Waals surface area (Å²) >= 11 is 0. The summed E-state index contributed by atoms with van der Waals surface area (Å²) in [6.45, 7) is 10.2. The van der Waals surface area contributed by atoms with Gasteiger partial charge >= 0.3 is 0 Å². The minimum absolute atomic E-state index is 0.0378. The zero-order chi connectivity index (χ0) is 18.9. The fraction of sp³-hybridized carbons (Fsp3) is 0.650. The average molecular weight is 355 g/mol. The second kappa shape index (κ2) is 7.24. The van der Waals surface area contributed by atoms with Crippen molar-refractivity contribution >= 4 is 11.7 Å². The predicted octanol–water partition coefficient (Wildman–Crippen LogP) is 2.09. The molecule has 3 heterocycles. The number of pyridine rings is 1. The van der Waals surface area contributed by atoms with Gasteiger partial charge in [0.25, 0.3) is 0 Å². The van der Waals surface area contributed by atoms with Crippen LogP contribution < -0.4 is 4.90 Å². The Balaban J connectivity index is 1.92. The van der Waals surface area contributed by atoms with Gasteiger partial charge in [-0.25, -0.2) is 4.98 Å².